The van der Waals surface area contributed by atoms with E-state index in [0.717, 1.165) is 42.0 Å². The second kappa shape index (κ2) is 10.9. The van der Waals surface area contributed by atoms with Gasteiger partial charge in [-0.2, -0.15) is 0 Å². The van der Waals surface area contributed by atoms with Crippen LogP contribution >= 0.6 is 23.1 Å². The molecule has 2 aromatic heterocycles. The number of nitrogens with zero attached hydrogens (tertiary/aromatic N) is 2. The summed E-state index contributed by atoms with van der Waals surface area (Å²) in [5.74, 6) is -0.603. The second-order valence-electron chi connectivity index (χ2n) is 8.57. The van der Waals surface area contributed by atoms with E-state index in [9.17, 15) is 9.59 Å². The molecule has 0 saturated heterocycles. The lowest BCUT2D eigenvalue weighted by molar-refractivity contribution is -0.115. The lowest BCUT2D eigenvalue weighted by Gasteiger charge is -2.27. The Kier molecular flexibility index (Phi) is 7.41. The Bertz CT molecular complexity index is 1350. The molecular formula is C27H27N3O4S2. The summed E-state index contributed by atoms with van der Waals surface area (Å²) in [4.78, 5) is 33.9. The standard InChI is InChI=1S/C27H27N3O4S2/c1-3-33-26(32)23-19-13-14-30(15-18-9-5-4-6-10-18)16-22(19)36-25(23)29-24(31)17(2)35-27-28-20-11-7-8-12-21(20)34-27/h4-12,17H,3,13-16H2,1-2H3,(H,29,31). The summed E-state index contributed by atoms with van der Waals surface area (Å²) in [6, 6.07) is 17.8. The van der Waals surface area contributed by atoms with E-state index < -0.39 is 5.25 Å². The topological polar surface area (TPSA) is 84.7 Å². The van der Waals surface area contributed by atoms with Gasteiger partial charge < -0.3 is 14.5 Å². The highest BCUT2D eigenvalue weighted by atomic mass is 32.2. The van der Waals surface area contributed by atoms with Gasteiger partial charge in [-0.1, -0.05) is 54.2 Å². The van der Waals surface area contributed by atoms with Crippen molar-refractivity contribution in [2.24, 2.45) is 0 Å². The third kappa shape index (κ3) is 5.33. The van der Waals surface area contributed by atoms with E-state index in [2.05, 4.69) is 27.3 Å². The van der Waals surface area contributed by atoms with Crippen LogP contribution in [0, 0.1) is 0 Å². The molecule has 7 nitrogen and oxygen atoms in total. The molecule has 0 fully saturated rings. The third-order valence-electron chi connectivity index (χ3n) is 6.02. The minimum absolute atomic E-state index is 0.215. The van der Waals surface area contributed by atoms with Crippen LogP contribution in [0.3, 0.4) is 0 Å². The Hall–Kier alpha value is -3.14. The molecule has 0 aliphatic carbocycles. The van der Waals surface area contributed by atoms with Gasteiger partial charge in [0, 0.05) is 24.5 Å². The first-order valence-corrected chi connectivity index (χ1v) is 13.6. The molecule has 0 bridgehead atoms. The summed E-state index contributed by atoms with van der Waals surface area (Å²) >= 11 is 2.71. The summed E-state index contributed by atoms with van der Waals surface area (Å²) in [5.41, 5.74) is 4.16. The number of anilines is 1. The van der Waals surface area contributed by atoms with Gasteiger partial charge in [-0.25, -0.2) is 9.78 Å². The van der Waals surface area contributed by atoms with Crippen LogP contribution in [-0.4, -0.2) is 40.2 Å². The van der Waals surface area contributed by atoms with E-state index in [-0.39, 0.29) is 18.5 Å². The van der Waals surface area contributed by atoms with E-state index in [1.807, 2.05) is 42.5 Å². The van der Waals surface area contributed by atoms with Gasteiger partial charge >= 0.3 is 5.97 Å². The fourth-order valence-corrected chi connectivity index (χ4v) is 6.30. The van der Waals surface area contributed by atoms with Gasteiger partial charge in [-0.3, -0.25) is 9.69 Å². The normalized spacial score (nSPS) is 14.4. The number of amides is 1. The molecule has 0 saturated carbocycles. The molecule has 1 atom stereocenters. The molecule has 1 amide bonds. The van der Waals surface area contributed by atoms with Gasteiger partial charge in [0.2, 0.25) is 5.91 Å². The van der Waals surface area contributed by atoms with E-state index in [1.54, 1.807) is 13.8 Å². The highest BCUT2D eigenvalue weighted by molar-refractivity contribution is 8.00. The maximum atomic E-state index is 13.1. The van der Waals surface area contributed by atoms with Crippen molar-refractivity contribution in [3.8, 4) is 0 Å². The molecule has 1 aliphatic rings. The lowest BCUT2D eigenvalue weighted by Crippen LogP contribution is -2.30. The van der Waals surface area contributed by atoms with Gasteiger partial charge in [-0.15, -0.1) is 11.3 Å². The summed E-state index contributed by atoms with van der Waals surface area (Å²) in [6.07, 6.45) is 0.732. The number of carbonyl (C=O) groups is 2. The molecule has 9 heteroatoms. The number of oxazole rings is 1. The van der Waals surface area contributed by atoms with Crippen LogP contribution in [0.1, 0.15) is 40.2 Å². The zero-order valence-corrected chi connectivity index (χ0v) is 21.8. The number of fused-ring (bicyclic) bond motifs is 2. The molecular weight excluding hydrogens is 494 g/mol. The molecule has 3 heterocycles. The Morgan fingerprint density at radius 3 is 2.75 bits per heavy atom. The second-order valence-corrected chi connectivity index (χ2v) is 11.0. The number of aromatic nitrogens is 1. The highest BCUT2D eigenvalue weighted by Crippen LogP contribution is 2.38. The van der Waals surface area contributed by atoms with E-state index in [0.29, 0.717) is 21.4 Å². The number of benzene rings is 2. The molecule has 5 rings (SSSR count). The number of ether oxygens (including phenoxy) is 1. The minimum Gasteiger partial charge on any atom is -0.462 e. The monoisotopic (exact) mass is 521 g/mol. The number of thioether (sulfide) groups is 1. The summed E-state index contributed by atoms with van der Waals surface area (Å²) in [6.45, 7) is 6.27. The number of thiophene rings is 1. The number of nitrogens with one attached hydrogen (secondary N) is 1. The summed E-state index contributed by atoms with van der Waals surface area (Å²) < 4.78 is 11.1. The first-order chi connectivity index (χ1) is 17.5. The number of hydrogen-bond acceptors (Lipinski definition) is 8. The van der Waals surface area contributed by atoms with Crippen LogP contribution in [0.2, 0.25) is 0 Å². The quantitative estimate of drug-likeness (QED) is 0.234. The largest absolute Gasteiger partial charge is 0.462 e. The molecule has 186 valence electrons. The van der Waals surface area contributed by atoms with Gasteiger partial charge in [0.1, 0.15) is 10.5 Å². The molecule has 2 aromatic carbocycles. The SMILES string of the molecule is CCOC(=O)c1c(NC(=O)C(C)Sc2nc3ccccc3o2)sc2c1CCN(Cc1ccccc1)C2. The number of para-hydroxylation sites is 2. The average molecular weight is 522 g/mol. The van der Waals surface area contributed by atoms with Crippen molar-refractivity contribution in [1.29, 1.82) is 0 Å². The zero-order valence-electron chi connectivity index (χ0n) is 20.2. The molecule has 36 heavy (non-hydrogen) atoms. The van der Waals surface area contributed by atoms with Crippen molar-refractivity contribution in [2.75, 3.05) is 18.5 Å². The predicted octanol–water partition coefficient (Wildman–Crippen LogP) is 5.74. The van der Waals surface area contributed by atoms with Crippen LogP contribution in [-0.2, 0) is 29.0 Å². The van der Waals surface area contributed by atoms with Gasteiger partial charge in [0.25, 0.3) is 5.22 Å². The lowest BCUT2D eigenvalue weighted by atomic mass is 10.0. The minimum atomic E-state index is -0.471. The maximum Gasteiger partial charge on any atom is 0.341 e. The van der Waals surface area contributed by atoms with Gasteiger partial charge in [-0.05, 0) is 43.5 Å². The van der Waals surface area contributed by atoms with Crippen LogP contribution < -0.4 is 5.32 Å². The first-order valence-electron chi connectivity index (χ1n) is 11.9. The highest BCUT2D eigenvalue weighted by Gasteiger charge is 2.30. The van der Waals surface area contributed by atoms with Crippen molar-refractivity contribution in [3.63, 3.8) is 0 Å². The Morgan fingerprint density at radius 2 is 1.97 bits per heavy atom. The van der Waals surface area contributed by atoms with Crippen molar-refractivity contribution in [3.05, 3.63) is 76.2 Å². The zero-order chi connectivity index (χ0) is 25.1. The van der Waals surface area contributed by atoms with Crippen molar-refractivity contribution < 1.29 is 18.7 Å². The van der Waals surface area contributed by atoms with Crippen molar-refractivity contribution >= 4 is 51.1 Å². The van der Waals surface area contributed by atoms with Gasteiger partial charge in [0.15, 0.2) is 5.58 Å². The molecule has 1 N–H and O–H groups in total. The van der Waals surface area contributed by atoms with Crippen molar-refractivity contribution in [1.82, 2.24) is 9.88 Å². The summed E-state index contributed by atoms with van der Waals surface area (Å²) in [7, 11) is 0. The predicted molar refractivity (Wildman–Crippen MR) is 142 cm³/mol. The van der Waals surface area contributed by atoms with E-state index in [4.69, 9.17) is 9.15 Å². The molecule has 1 aliphatic heterocycles. The fraction of sp³-hybridized carbons (Fsp3) is 0.296. The van der Waals surface area contributed by atoms with Crippen LogP contribution in [0.5, 0.6) is 0 Å². The van der Waals surface area contributed by atoms with Crippen LogP contribution in [0.25, 0.3) is 11.1 Å². The Morgan fingerprint density at radius 1 is 1.19 bits per heavy atom. The number of hydrogen-bond donors (Lipinski definition) is 1. The fourth-order valence-electron chi connectivity index (χ4n) is 4.26. The average Bonchev–Trinajstić information content (AvgIpc) is 3.44. The van der Waals surface area contributed by atoms with E-state index >= 15 is 0 Å². The first kappa shape index (κ1) is 24.5. The third-order valence-corrected chi connectivity index (χ3v) is 8.10. The number of carbonyl (C=O) groups excluding carboxylic acids is 2. The van der Waals surface area contributed by atoms with Crippen LogP contribution in [0.15, 0.2) is 64.2 Å². The summed E-state index contributed by atoms with van der Waals surface area (Å²) in [5, 5.41) is 3.51. The van der Waals surface area contributed by atoms with Crippen molar-refractivity contribution in [2.45, 2.75) is 43.8 Å². The molecule has 0 spiro atoms. The Balaban J connectivity index is 1.33. The number of rotatable bonds is 8. The smallest absolute Gasteiger partial charge is 0.341 e. The van der Waals surface area contributed by atoms with E-state index in [1.165, 1.54) is 28.7 Å². The maximum absolute atomic E-state index is 13.1. The van der Waals surface area contributed by atoms with Gasteiger partial charge in [0.05, 0.1) is 17.4 Å². The molecule has 0 radical (unpaired) electrons. The number of esters is 1. The molecule has 1 unspecified atom stereocenters. The Labute approximate surface area is 217 Å². The van der Waals surface area contributed by atoms with Crippen LogP contribution in [0.4, 0.5) is 5.00 Å². The molecule has 4 aromatic rings.